The Labute approximate surface area is 191 Å². The molecule has 0 amide bonds. The molecule has 1 aliphatic heterocycles. The Bertz CT molecular complexity index is 942. The Morgan fingerprint density at radius 1 is 1.06 bits per heavy atom. The standard InChI is InChI=1S/C24H30O9/c1-3-31-15-7-4-14(5-8-15)6-9-16(26)20-17(27)10-13(2)11-18(20)32-24-23(30)22(29)21(28)19(12-25)33-24/h4-5,7-8,10-11,19,21-25,27-30H,3,6,9,12H2,1-2H3/t19-,21-,22+,23-,24-/m1/s1. The molecule has 0 bridgehead atoms. The van der Waals surface area contributed by atoms with Crippen molar-refractivity contribution in [3.05, 3.63) is 53.1 Å². The van der Waals surface area contributed by atoms with E-state index in [1.165, 1.54) is 12.1 Å². The van der Waals surface area contributed by atoms with E-state index in [1.807, 2.05) is 31.2 Å². The molecule has 5 N–H and O–H groups in total. The number of phenolic OH excluding ortho intramolecular Hbond substituents is 1. The summed E-state index contributed by atoms with van der Waals surface area (Å²) in [7, 11) is 0. The van der Waals surface area contributed by atoms with Gasteiger partial charge in [-0.1, -0.05) is 12.1 Å². The third-order valence-electron chi connectivity index (χ3n) is 5.47. The van der Waals surface area contributed by atoms with E-state index in [2.05, 4.69) is 0 Å². The van der Waals surface area contributed by atoms with Crippen molar-refractivity contribution in [2.75, 3.05) is 13.2 Å². The van der Waals surface area contributed by atoms with Gasteiger partial charge in [0.2, 0.25) is 6.29 Å². The van der Waals surface area contributed by atoms with E-state index in [9.17, 15) is 30.3 Å². The molecule has 2 aromatic rings. The summed E-state index contributed by atoms with van der Waals surface area (Å²) in [6.07, 6.45) is -6.94. The summed E-state index contributed by atoms with van der Waals surface area (Å²) < 4.78 is 16.5. The van der Waals surface area contributed by atoms with Gasteiger partial charge in [0, 0.05) is 6.42 Å². The first-order chi connectivity index (χ1) is 15.7. The van der Waals surface area contributed by atoms with E-state index in [0.717, 1.165) is 11.3 Å². The molecule has 0 aromatic heterocycles. The first-order valence-corrected chi connectivity index (χ1v) is 10.8. The normalized spacial score (nSPS) is 25.0. The van der Waals surface area contributed by atoms with E-state index in [0.29, 0.717) is 18.6 Å². The number of ketones is 1. The third-order valence-corrected chi connectivity index (χ3v) is 5.47. The minimum absolute atomic E-state index is 0.0338. The maximum Gasteiger partial charge on any atom is 0.229 e. The Balaban J connectivity index is 1.78. The van der Waals surface area contributed by atoms with Crippen LogP contribution in [0.25, 0.3) is 0 Å². The lowest BCUT2D eigenvalue weighted by Gasteiger charge is -2.39. The molecule has 180 valence electrons. The average molecular weight is 462 g/mol. The maximum atomic E-state index is 13.0. The first kappa shape index (κ1) is 24.9. The number of carbonyl (C=O) groups excluding carboxylic acids is 1. The fourth-order valence-corrected chi connectivity index (χ4v) is 3.70. The van der Waals surface area contributed by atoms with E-state index in [-0.39, 0.29) is 29.3 Å². The van der Waals surface area contributed by atoms with E-state index in [4.69, 9.17) is 14.2 Å². The van der Waals surface area contributed by atoms with Crippen molar-refractivity contribution in [1.82, 2.24) is 0 Å². The average Bonchev–Trinajstić information content (AvgIpc) is 2.78. The summed E-state index contributed by atoms with van der Waals surface area (Å²) in [5.74, 6) is 0.0275. The number of aromatic hydroxyl groups is 1. The van der Waals surface area contributed by atoms with Crippen LogP contribution in [0, 0.1) is 6.92 Å². The first-order valence-electron chi connectivity index (χ1n) is 10.8. The van der Waals surface area contributed by atoms with Crippen LogP contribution in [0.4, 0.5) is 0 Å². The van der Waals surface area contributed by atoms with Crippen LogP contribution in [0.15, 0.2) is 36.4 Å². The number of ether oxygens (including phenoxy) is 3. The molecule has 0 saturated carbocycles. The number of hydrogen-bond donors (Lipinski definition) is 5. The highest BCUT2D eigenvalue weighted by Crippen LogP contribution is 2.34. The monoisotopic (exact) mass is 462 g/mol. The van der Waals surface area contributed by atoms with Gasteiger partial charge >= 0.3 is 0 Å². The smallest absolute Gasteiger partial charge is 0.229 e. The predicted molar refractivity (Wildman–Crippen MR) is 118 cm³/mol. The van der Waals surface area contributed by atoms with Crippen molar-refractivity contribution >= 4 is 5.78 Å². The molecule has 0 spiro atoms. The van der Waals surface area contributed by atoms with Gasteiger partial charge < -0.3 is 39.7 Å². The molecule has 9 heteroatoms. The zero-order chi connectivity index (χ0) is 24.1. The van der Waals surface area contributed by atoms with Crippen LogP contribution in [0.5, 0.6) is 17.2 Å². The van der Waals surface area contributed by atoms with Gasteiger partial charge in [0.15, 0.2) is 5.78 Å². The summed E-state index contributed by atoms with van der Waals surface area (Å²) in [5, 5.41) is 50.1. The summed E-state index contributed by atoms with van der Waals surface area (Å²) in [6.45, 7) is 3.53. The Morgan fingerprint density at radius 2 is 1.76 bits per heavy atom. The predicted octanol–water partition coefficient (Wildman–Crippen LogP) is 1.09. The van der Waals surface area contributed by atoms with Crippen molar-refractivity contribution in [3.63, 3.8) is 0 Å². The minimum Gasteiger partial charge on any atom is -0.507 e. The highest BCUT2D eigenvalue weighted by Gasteiger charge is 2.45. The number of rotatable bonds is 9. The number of benzene rings is 2. The second kappa shape index (κ2) is 11.0. The summed E-state index contributed by atoms with van der Waals surface area (Å²) in [4.78, 5) is 13.0. The van der Waals surface area contributed by atoms with Crippen LogP contribution in [0.1, 0.15) is 34.8 Å². The van der Waals surface area contributed by atoms with Gasteiger partial charge in [0.25, 0.3) is 0 Å². The number of aliphatic hydroxyl groups is 4. The molecule has 1 heterocycles. The second-order valence-corrected chi connectivity index (χ2v) is 7.97. The molecule has 0 radical (unpaired) electrons. The van der Waals surface area contributed by atoms with Crippen molar-refractivity contribution in [3.8, 4) is 17.2 Å². The molecular formula is C24H30O9. The van der Waals surface area contributed by atoms with Gasteiger partial charge in [-0.05, 0) is 55.7 Å². The Morgan fingerprint density at radius 3 is 2.39 bits per heavy atom. The van der Waals surface area contributed by atoms with Crippen molar-refractivity contribution in [1.29, 1.82) is 0 Å². The van der Waals surface area contributed by atoms with Gasteiger partial charge in [0.1, 0.15) is 47.2 Å². The van der Waals surface area contributed by atoms with E-state index in [1.54, 1.807) is 6.92 Å². The molecule has 2 aromatic carbocycles. The SMILES string of the molecule is CCOc1ccc(CCC(=O)c2c(O)cc(C)cc2O[C@@H]2O[C@H](CO)[C@@H](O)[C@H](O)[C@H]2O)cc1. The zero-order valence-corrected chi connectivity index (χ0v) is 18.5. The van der Waals surface area contributed by atoms with Crippen LogP contribution in [-0.2, 0) is 11.2 Å². The number of phenols is 1. The summed E-state index contributed by atoms with van der Waals surface area (Å²) >= 11 is 0. The lowest BCUT2D eigenvalue weighted by molar-refractivity contribution is -0.277. The molecule has 1 aliphatic rings. The van der Waals surface area contributed by atoms with Gasteiger partial charge in [-0.2, -0.15) is 0 Å². The fraction of sp³-hybridized carbons (Fsp3) is 0.458. The lowest BCUT2D eigenvalue weighted by atomic mass is 9.98. The number of Topliss-reactive ketones (excluding diaryl/α,β-unsaturated/α-hetero) is 1. The number of hydrogen-bond acceptors (Lipinski definition) is 9. The highest BCUT2D eigenvalue weighted by molar-refractivity contribution is 6.01. The zero-order valence-electron chi connectivity index (χ0n) is 18.5. The van der Waals surface area contributed by atoms with Gasteiger partial charge in [-0.15, -0.1) is 0 Å². The van der Waals surface area contributed by atoms with Crippen molar-refractivity contribution in [2.45, 2.75) is 57.4 Å². The maximum absolute atomic E-state index is 13.0. The second-order valence-electron chi connectivity index (χ2n) is 7.97. The molecule has 1 saturated heterocycles. The van der Waals surface area contributed by atoms with Crippen LogP contribution in [0.2, 0.25) is 0 Å². The molecule has 1 fully saturated rings. The minimum atomic E-state index is -1.64. The summed E-state index contributed by atoms with van der Waals surface area (Å²) in [5.41, 5.74) is 1.42. The lowest BCUT2D eigenvalue weighted by Crippen LogP contribution is -2.60. The number of aryl methyl sites for hydroxylation is 2. The molecular weight excluding hydrogens is 432 g/mol. The highest BCUT2D eigenvalue weighted by atomic mass is 16.7. The number of carbonyl (C=O) groups is 1. The van der Waals surface area contributed by atoms with E-state index < -0.39 is 37.3 Å². The van der Waals surface area contributed by atoms with Crippen LogP contribution < -0.4 is 9.47 Å². The quantitative estimate of drug-likeness (QED) is 0.346. The number of aliphatic hydroxyl groups excluding tert-OH is 4. The van der Waals surface area contributed by atoms with E-state index >= 15 is 0 Å². The molecule has 5 atom stereocenters. The third kappa shape index (κ3) is 5.82. The summed E-state index contributed by atoms with van der Waals surface area (Å²) in [6, 6.07) is 10.3. The fourth-order valence-electron chi connectivity index (χ4n) is 3.70. The van der Waals surface area contributed by atoms with Gasteiger partial charge in [-0.25, -0.2) is 0 Å². The van der Waals surface area contributed by atoms with Crippen molar-refractivity contribution < 1.29 is 44.5 Å². The van der Waals surface area contributed by atoms with Crippen LogP contribution >= 0.6 is 0 Å². The van der Waals surface area contributed by atoms with Gasteiger partial charge in [-0.3, -0.25) is 4.79 Å². The van der Waals surface area contributed by atoms with Crippen LogP contribution in [0.3, 0.4) is 0 Å². The molecule has 0 aliphatic carbocycles. The Kier molecular flexibility index (Phi) is 8.28. The Hall–Kier alpha value is -2.69. The molecule has 0 unspecified atom stereocenters. The molecule has 3 rings (SSSR count). The topological polar surface area (TPSA) is 146 Å². The van der Waals surface area contributed by atoms with Crippen molar-refractivity contribution in [2.24, 2.45) is 0 Å². The molecule has 9 nitrogen and oxygen atoms in total. The largest absolute Gasteiger partial charge is 0.507 e. The van der Waals surface area contributed by atoms with Gasteiger partial charge in [0.05, 0.1) is 13.2 Å². The molecule has 33 heavy (non-hydrogen) atoms. The van der Waals surface area contributed by atoms with Crippen LogP contribution in [-0.4, -0.2) is 75.2 Å².